The van der Waals surface area contributed by atoms with Crippen molar-refractivity contribution in [3.63, 3.8) is 0 Å². The lowest BCUT2D eigenvalue weighted by Gasteiger charge is -2.16. The maximum Gasteiger partial charge on any atom is 0.159 e. The Morgan fingerprint density at radius 3 is 2.80 bits per heavy atom. The van der Waals surface area contributed by atoms with Crippen molar-refractivity contribution in [1.82, 2.24) is 19.3 Å². The quantitative estimate of drug-likeness (QED) is 0.806. The van der Waals surface area contributed by atoms with Gasteiger partial charge in [-0.2, -0.15) is 16.9 Å². The van der Waals surface area contributed by atoms with E-state index in [4.69, 9.17) is 16.6 Å². The Morgan fingerprint density at radius 2 is 2.20 bits per heavy atom. The Bertz CT molecular complexity index is 618. The second-order valence-corrected chi connectivity index (χ2v) is 6.83. The van der Waals surface area contributed by atoms with Crippen LogP contribution in [-0.4, -0.2) is 30.8 Å². The molecule has 2 aromatic rings. The lowest BCUT2D eigenvalue weighted by atomic mass is 10.2. The maximum atomic E-state index is 6.14. The fourth-order valence-electron chi connectivity index (χ4n) is 3.30. The van der Waals surface area contributed by atoms with E-state index in [1.165, 1.54) is 19.3 Å². The van der Waals surface area contributed by atoms with Gasteiger partial charge in [-0.3, -0.25) is 0 Å². The molecule has 0 N–H and O–H groups in total. The normalized spacial score (nSPS) is 23.0. The van der Waals surface area contributed by atoms with Crippen LogP contribution in [0.5, 0.6) is 0 Å². The molecule has 3 rings (SSSR count). The number of aromatic nitrogens is 4. The zero-order chi connectivity index (χ0) is 14.3. The predicted octanol–water partition coefficient (Wildman–Crippen LogP) is 3.76. The van der Waals surface area contributed by atoms with Crippen molar-refractivity contribution in [3.8, 4) is 0 Å². The molecular weight excluding hydrogens is 292 g/mol. The fourth-order valence-corrected chi connectivity index (χ4v) is 4.27. The van der Waals surface area contributed by atoms with Crippen molar-refractivity contribution in [2.75, 3.05) is 6.26 Å². The van der Waals surface area contributed by atoms with Crippen molar-refractivity contribution < 1.29 is 0 Å². The third-order valence-corrected chi connectivity index (χ3v) is 5.63. The number of halogens is 1. The highest BCUT2D eigenvalue weighted by Gasteiger charge is 2.30. The van der Waals surface area contributed by atoms with E-state index >= 15 is 0 Å². The SMILES string of the molecule is CCn1nc(C)c2nc(CCl)n(C3CCC(SC)C3)c21. The molecule has 1 fully saturated rings. The summed E-state index contributed by atoms with van der Waals surface area (Å²) in [7, 11) is 0. The Labute approximate surface area is 128 Å². The highest BCUT2D eigenvalue weighted by Crippen LogP contribution is 2.39. The van der Waals surface area contributed by atoms with Gasteiger partial charge in [-0.1, -0.05) is 0 Å². The molecule has 0 aliphatic heterocycles. The van der Waals surface area contributed by atoms with E-state index < -0.39 is 0 Å². The topological polar surface area (TPSA) is 35.6 Å². The summed E-state index contributed by atoms with van der Waals surface area (Å²) in [6.07, 6.45) is 5.92. The minimum Gasteiger partial charge on any atom is -0.309 e. The summed E-state index contributed by atoms with van der Waals surface area (Å²) in [5, 5.41) is 5.36. The first-order chi connectivity index (χ1) is 9.69. The molecule has 2 unspecified atom stereocenters. The third kappa shape index (κ3) is 2.15. The van der Waals surface area contributed by atoms with Gasteiger partial charge < -0.3 is 4.57 Å². The van der Waals surface area contributed by atoms with Gasteiger partial charge in [0, 0.05) is 17.8 Å². The van der Waals surface area contributed by atoms with Crippen molar-refractivity contribution >= 4 is 34.5 Å². The molecule has 0 spiro atoms. The molecule has 110 valence electrons. The molecule has 1 aliphatic carbocycles. The average molecular weight is 313 g/mol. The van der Waals surface area contributed by atoms with Gasteiger partial charge in [0.1, 0.15) is 11.3 Å². The second-order valence-electron chi connectivity index (χ2n) is 5.43. The molecule has 0 aromatic carbocycles. The van der Waals surface area contributed by atoms with Gasteiger partial charge in [-0.05, 0) is 39.4 Å². The number of fused-ring (bicyclic) bond motifs is 1. The summed E-state index contributed by atoms with van der Waals surface area (Å²) in [6.45, 7) is 5.03. The molecule has 4 nitrogen and oxygen atoms in total. The van der Waals surface area contributed by atoms with E-state index in [2.05, 4.69) is 27.5 Å². The monoisotopic (exact) mass is 312 g/mol. The van der Waals surface area contributed by atoms with Crippen LogP contribution in [0.15, 0.2) is 0 Å². The van der Waals surface area contributed by atoms with Crippen molar-refractivity contribution in [3.05, 3.63) is 11.5 Å². The third-order valence-electron chi connectivity index (χ3n) is 4.29. The largest absolute Gasteiger partial charge is 0.309 e. The molecule has 20 heavy (non-hydrogen) atoms. The molecule has 6 heteroatoms. The number of aryl methyl sites for hydroxylation is 2. The number of hydrogen-bond donors (Lipinski definition) is 0. The Balaban J connectivity index is 2.12. The van der Waals surface area contributed by atoms with Gasteiger partial charge >= 0.3 is 0 Å². The summed E-state index contributed by atoms with van der Waals surface area (Å²) < 4.78 is 4.43. The van der Waals surface area contributed by atoms with E-state index in [-0.39, 0.29) is 0 Å². The summed E-state index contributed by atoms with van der Waals surface area (Å²) in [6, 6.07) is 0.521. The Hall–Kier alpha value is -0.680. The average Bonchev–Trinajstić information content (AvgIpc) is 3.13. The minimum atomic E-state index is 0.471. The van der Waals surface area contributed by atoms with E-state index in [0.29, 0.717) is 11.9 Å². The van der Waals surface area contributed by atoms with Gasteiger partial charge in [0.2, 0.25) is 0 Å². The molecule has 2 aromatic heterocycles. The smallest absolute Gasteiger partial charge is 0.159 e. The van der Waals surface area contributed by atoms with Gasteiger partial charge in [0.25, 0.3) is 0 Å². The summed E-state index contributed by atoms with van der Waals surface area (Å²) in [5.41, 5.74) is 3.19. The zero-order valence-corrected chi connectivity index (χ0v) is 13.8. The number of nitrogens with zero attached hydrogens (tertiary/aromatic N) is 4. The van der Waals surface area contributed by atoms with Gasteiger partial charge in [-0.15, -0.1) is 11.6 Å². The number of imidazole rings is 1. The van der Waals surface area contributed by atoms with Crippen molar-refractivity contribution in [2.24, 2.45) is 0 Å². The summed E-state index contributed by atoms with van der Waals surface area (Å²) in [5.74, 6) is 1.47. The van der Waals surface area contributed by atoms with Crippen LogP contribution in [0.1, 0.15) is 43.7 Å². The van der Waals surface area contributed by atoms with Gasteiger partial charge in [-0.25, -0.2) is 9.67 Å². The van der Waals surface area contributed by atoms with Crippen LogP contribution in [0.2, 0.25) is 0 Å². The first-order valence-electron chi connectivity index (χ1n) is 7.22. The van der Waals surface area contributed by atoms with Crippen molar-refractivity contribution in [2.45, 2.75) is 56.8 Å². The minimum absolute atomic E-state index is 0.471. The van der Waals surface area contributed by atoms with Crippen LogP contribution < -0.4 is 0 Å². The van der Waals surface area contributed by atoms with Crippen LogP contribution in [0.25, 0.3) is 11.2 Å². The highest BCUT2D eigenvalue weighted by atomic mass is 35.5. The molecular formula is C14H21ClN4S. The number of thioether (sulfide) groups is 1. The molecule has 0 saturated heterocycles. The maximum absolute atomic E-state index is 6.14. The Kier molecular flexibility index (Phi) is 4.00. The fraction of sp³-hybridized carbons (Fsp3) is 0.714. The summed E-state index contributed by atoms with van der Waals surface area (Å²) in [4.78, 5) is 4.74. The van der Waals surface area contributed by atoms with Gasteiger partial charge in [0.15, 0.2) is 5.65 Å². The number of hydrogen-bond acceptors (Lipinski definition) is 3. The van der Waals surface area contributed by atoms with Crippen LogP contribution in [0, 0.1) is 6.92 Å². The van der Waals surface area contributed by atoms with E-state index in [1.807, 2.05) is 18.7 Å². The van der Waals surface area contributed by atoms with E-state index in [1.54, 1.807) is 0 Å². The molecule has 0 radical (unpaired) electrons. The lowest BCUT2D eigenvalue weighted by molar-refractivity contribution is 0.502. The molecule has 1 saturated carbocycles. The van der Waals surface area contributed by atoms with Crippen LogP contribution >= 0.6 is 23.4 Å². The van der Waals surface area contributed by atoms with E-state index in [0.717, 1.165) is 34.5 Å². The number of rotatable bonds is 4. The molecule has 0 amide bonds. The zero-order valence-electron chi connectivity index (χ0n) is 12.3. The summed E-state index contributed by atoms with van der Waals surface area (Å²) >= 11 is 8.12. The van der Waals surface area contributed by atoms with Gasteiger partial charge in [0.05, 0.1) is 11.6 Å². The first-order valence-corrected chi connectivity index (χ1v) is 9.04. The lowest BCUT2D eigenvalue weighted by Crippen LogP contribution is -2.13. The second kappa shape index (κ2) is 5.60. The van der Waals surface area contributed by atoms with E-state index in [9.17, 15) is 0 Å². The molecule has 1 aliphatic rings. The molecule has 0 bridgehead atoms. The van der Waals surface area contributed by atoms with Crippen LogP contribution in [0.3, 0.4) is 0 Å². The van der Waals surface area contributed by atoms with Crippen molar-refractivity contribution in [1.29, 1.82) is 0 Å². The molecule has 2 heterocycles. The number of alkyl halides is 1. The first kappa shape index (κ1) is 14.3. The highest BCUT2D eigenvalue weighted by molar-refractivity contribution is 7.99. The van der Waals surface area contributed by atoms with Crippen LogP contribution in [-0.2, 0) is 12.4 Å². The Morgan fingerprint density at radius 1 is 1.40 bits per heavy atom. The van der Waals surface area contributed by atoms with Crippen LogP contribution in [0.4, 0.5) is 0 Å². The molecule has 2 atom stereocenters. The predicted molar refractivity (Wildman–Crippen MR) is 85.7 cm³/mol. The standard InChI is InChI=1S/C14H21ClN4S/c1-4-18-14-13(9(2)17-18)16-12(8-15)19(14)10-5-6-11(7-10)20-3/h10-11H,4-8H2,1-3H3.